The number of piperazine rings is 1. The van der Waals surface area contributed by atoms with E-state index in [2.05, 4.69) is 10.2 Å². The second-order valence-electron chi connectivity index (χ2n) is 5.81. The normalized spacial score (nSPS) is 19.7. The first-order chi connectivity index (χ1) is 10.9. The summed E-state index contributed by atoms with van der Waals surface area (Å²) >= 11 is 5.93. The van der Waals surface area contributed by atoms with E-state index in [4.69, 9.17) is 16.3 Å². The number of rotatable bonds is 5. The number of hydrogen-bond donors (Lipinski definition) is 1. The summed E-state index contributed by atoms with van der Waals surface area (Å²) in [4.78, 5) is 28.1. The highest BCUT2D eigenvalue weighted by molar-refractivity contribution is 6.33. The molecule has 7 nitrogen and oxygen atoms in total. The third-order valence-corrected chi connectivity index (χ3v) is 4.39. The number of carbonyl (C=O) groups excluding carboxylic acids is 2. The summed E-state index contributed by atoms with van der Waals surface area (Å²) < 4.78 is 5.50. The van der Waals surface area contributed by atoms with Crippen molar-refractivity contribution in [3.8, 4) is 0 Å². The number of H-pyrrole nitrogens is 1. The Morgan fingerprint density at radius 3 is 2.83 bits per heavy atom. The van der Waals surface area contributed by atoms with Crippen molar-refractivity contribution in [3.63, 3.8) is 0 Å². The fourth-order valence-corrected chi connectivity index (χ4v) is 2.68. The first-order valence-electron chi connectivity index (χ1n) is 7.83. The quantitative estimate of drug-likeness (QED) is 0.880. The molecule has 1 N–H and O–H groups in total. The number of carbonyl (C=O) groups is 2. The molecule has 128 valence electrons. The molecule has 1 aromatic rings. The molecule has 0 bridgehead atoms. The predicted octanol–water partition coefficient (Wildman–Crippen LogP) is 1.55. The van der Waals surface area contributed by atoms with Crippen molar-refractivity contribution in [2.24, 2.45) is 0 Å². The van der Waals surface area contributed by atoms with E-state index in [1.165, 1.54) is 6.20 Å². The average molecular weight is 343 g/mol. The molecule has 1 aliphatic heterocycles. The Kier molecular flexibility index (Phi) is 6.01. The number of halogens is 1. The highest BCUT2D eigenvalue weighted by Gasteiger charge is 2.31. The van der Waals surface area contributed by atoms with E-state index in [-0.39, 0.29) is 30.6 Å². The van der Waals surface area contributed by atoms with Crippen molar-refractivity contribution in [2.75, 3.05) is 26.2 Å². The fourth-order valence-electron chi connectivity index (χ4n) is 2.51. The molecule has 1 aromatic heterocycles. The van der Waals surface area contributed by atoms with E-state index in [0.29, 0.717) is 30.4 Å². The summed E-state index contributed by atoms with van der Waals surface area (Å²) in [6.45, 7) is 7.39. The van der Waals surface area contributed by atoms with E-state index < -0.39 is 0 Å². The summed E-state index contributed by atoms with van der Waals surface area (Å²) in [5.41, 5.74) is 0.291. The van der Waals surface area contributed by atoms with Gasteiger partial charge in [0.1, 0.15) is 12.3 Å². The maximum absolute atomic E-state index is 12.4. The lowest BCUT2D eigenvalue weighted by molar-refractivity contribution is -0.142. The van der Waals surface area contributed by atoms with Crippen LogP contribution in [-0.2, 0) is 9.53 Å². The molecular weight excluding hydrogens is 320 g/mol. The molecule has 1 aliphatic rings. The van der Waals surface area contributed by atoms with Gasteiger partial charge in [0.05, 0.1) is 17.3 Å². The van der Waals surface area contributed by atoms with E-state index in [1.54, 1.807) is 9.80 Å². The van der Waals surface area contributed by atoms with Crippen LogP contribution in [0.3, 0.4) is 0 Å². The molecule has 0 saturated carbocycles. The van der Waals surface area contributed by atoms with Crippen molar-refractivity contribution in [2.45, 2.75) is 39.3 Å². The number of aromatic nitrogens is 2. The molecule has 0 radical (unpaired) electrons. The van der Waals surface area contributed by atoms with E-state index >= 15 is 0 Å². The summed E-state index contributed by atoms with van der Waals surface area (Å²) in [6, 6.07) is -0.0672. The Balaban J connectivity index is 1.91. The molecular formula is C15H23ClN4O3. The second kappa shape index (κ2) is 7.79. The minimum atomic E-state index is -0.192. The molecule has 0 aliphatic carbocycles. The van der Waals surface area contributed by atoms with Gasteiger partial charge in [0, 0.05) is 25.7 Å². The number of nitrogens with zero attached hydrogens (tertiary/aromatic N) is 3. The lowest BCUT2D eigenvalue weighted by Gasteiger charge is -2.39. The summed E-state index contributed by atoms with van der Waals surface area (Å²) in [7, 11) is 0. The maximum atomic E-state index is 12.4. The van der Waals surface area contributed by atoms with Gasteiger partial charge in [0.25, 0.3) is 5.91 Å². The van der Waals surface area contributed by atoms with Crippen LogP contribution in [0.2, 0.25) is 5.02 Å². The molecule has 2 rings (SSSR count). The SMILES string of the molecule is CCC(C)OCC(=O)N1CCN(C(=O)c2[nH]ncc2Cl)CC1C. The lowest BCUT2D eigenvalue weighted by atomic mass is 10.1. The first kappa shape index (κ1) is 17.7. The lowest BCUT2D eigenvalue weighted by Crippen LogP contribution is -2.56. The third kappa shape index (κ3) is 4.23. The van der Waals surface area contributed by atoms with Crippen LogP contribution in [0.25, 0.3) is 0 Å². The van der Waals surface area contributed by atoms with Crippen molar-refractivity contribution in [1.82, 2.24) is 20.0 Å². The second-order valence-corrected chi connectivity index (χ2v) is 6.22. The zero-order chi connectivity index (χ0) is 17.0. The average Bonchev–Trinajstić information content (AvgIpc) is 2.97. The van der Waals surface area contributed by atoms with Gasteiger partial charge < -0.3 is 14.5 Å². The molecule has 0 spiro atoms. The van der Waals surface area contributed by atoms with Gasteiger partial charge in [-0.05, 0) is 20.3 Å². The summed E-state index contributed by atoms with van der Waals surface area (Å²) in [5, 5.41) is 6.69. The molecule has 1 saturated heterocycles. The number of nitrogens with one attached hydrogen (secondary N) is 1. The molecule has 8 heteroatoms. The molecule has 2 unspecified atom stereocenters. The van der Waals surface area contributed by atoms with Gasteiger partial charge in [-0.25, -0.2) is 0 Å². The fraction of sp³-hybridized carbons (Fsp3) is 0.667. The maximum Gasteiger partial charge on any atom is 0.273 e. The van der Waals surface area contributed by atoms with Crippen LogP contribution in [0.5, 0.6) is 0 Å². The van der Waals surface area contributed by atoms with E-state index in [9.17, 15) is 9.59 Å². The topological polar surface area (TPSA) is 78.5 Å². The number of aromatic amines is 1. The van der Waals surface area contributed by atoms with Crippen LogP contribution < -0.4 is 0 Å². The van der Waals surface area contributed by atoms with Gasteiger partial charge in [0.2, 0.25) is 5.91 Å². The van der Waals surface area contributed by atoms with Gasteiger partial charge in [0.15, 0.2) is 0 Å². The zero-order valence-electron chi connectivity index (χ0n) is 13.7. The Hall–Kier alpha value is -1.60. The molecule has 23 heavy (non-hydrogen) atoms. The zero-order valence-corrected chi connectivity index (χ0v) is 14.5. The number of hydrogen-bond acceptors (Lipinski definition) is 4. The standard InChI is InChI=1S/C15H23ClN4O3/c1-4-11(3)23-9-13(21)20-6-5-19(8-10(20)2)15(22)14-12(16)7-17-18-14/h7,10-11H,4-6,8-9H2,1-3H3,(H,17,18). The summed E-state index contributed by atoms with van der Waals surface area (Å²) in [5.74, 6) is -0.230. The van der Waals surface area contributed by atoms with Crippen LogP contribution in [-0.4, -0.2) is 70.2 Å². The Morgan fingerprint density at radius 1 is 1.52 bits per heavy atom. The largest absolute Gasteiger partial charge is 0.369 e. The smallest absolute Gasteiger partial charge is 0.273 e. The first-order valence-corrected chi connectivity index (χ1v) is 8.21. The summed E-state index contributed by atoms with van der Waals surface area (Å²) in [6.07, 6.45) is 2.35. The van der Waals surface area contributed by atoms with Gasteiger partial charge in [-0.15, -0.1) is 0 Å². The van der Waals surface area contributed by atoms with Crippen LogP contribution >= 0.6 is 11.6 Å². The molecule has 1 fully saturated rings. The van der Waals surface area contributed by atoms with E-state index in [0.717, 1.165) is 6.42 Å². The van der Waals surface area contributed by atoms with Gasteiger partial charge in [-0.1, -0.05) is 18.5 Å². The predicted molar refractivity (Wildman–Crippen MR) is 86.4 cm³/mol. The van der Waals surface area contributed by atoms with Crippen LogP contribution in [0.4, 0.5) is 0 Å². The Morgan fingerprint density at radius 2 is 2.26 bits per heavy atom. The highest BCUT2D eigenvalue weighted by Crippen LogP contribution is 2.17. The molecule has 2 amide bonds. The van der Waals surface area contributed by atoms with Gasteiger partial charge >= 0.3 is 0 Å². The number of ether oxygens (including phenoxy) is 1. The van der Waals surface area contributed by atoms with Crippen molar-refractivity contribution >= 4 is 23.4 Å². The Labute approximate surface area is 140 Å². The van der Waals surface area contributed by atoms with Crippen molar-refractivity contribution < 1.29 is 14.3 Å². The van der Waals surface area contributed by atoms with Crippen molar-refractivity contribution in [1.29, 1.82) is 0 Å². The van der Waals surface area contributed by atoms with Crippen LogP contribution in [0.1, 0.15) is 37.7 Å². The Bertz CT molecular complexity index is 563. The molecule has 2 heterocycles. The minimum Gasteiger partial charge on any atom is -0.369 e. The number of amides is 2. The van der Waals surface area contributed by atoms with Crippen molar-refractivity contribution in [3.05, 3.63) is 16.9 Å². The van der Waals surface area contributed by atoms with Gasteiger partial charge in [-0.2, -0.15) is 5.10 Å². The van der Waals surface area contributed by atoms with Gasteiger partial charge in [-0.3, -0.25) is 14.7 Å². The van der Waals surface area contributed by atoms with E-state index in [1.807, 2.05) is 20.8 Å². The van der Waals surface area contributed by atoms with Crippen LogP contribution in [0.15, 0.2) is 6.20 Å². The van der Waals surface area contributed by atoms with Crippen LogP contribution in [0, 0.1) is 0 Å². The molecule has 2 atom stereocenters. The third-order valence-electron chi connectivity index (χ3n) is 4.11. The molecule has 0 aromatic carbocycles. The highest BCUT2D eigenvalue weighted by atomic mass is 35.5. The monoisotopic (exact) mass is 342 g/mol. The minimum absolute atomic E-state index is 0.0375.